The monoisotopic (exact) mass is 452 g/mol. The Kier molecular flexibility index (Phi) is 6.23. The van der Waals surface area contributed by atoms with Gasteiger partial charge in [-0.15, -0.1) is 0 Å². The molecule has 3 heterocycles. The van der Waals surface area contributed by atoms with E-state index in [0.29, 0.717) is 29.2 Å². The van der Waals surface area contributed by atoms with Crippen LogP contribution in [0.4, 0.5) is 22.0 Å². The summed E-state index contributed by atoms with van der Waals surface area (Å²) < 4.78 is 5.39. The van der Waals surface area contributed by atoms with E-state index in [2.05, 4.69) is 20.2 Å². The van der Waals surface area contributed by atoms with Crippen molar-refractivity contribution in [1.82, 2.24) is 15.0 Å². The summed E-state index contributed by atoms with van der Waals surface area (Å²) in [5.41, 5.74) is 1.18. The molecule has 2 aliphatic rings. The number of nitrogens with zero attached hydrogens (tertiary/aromatic N) is 5. The normalized spacial score (nSPS) is 18.9. The molecule has 1 unspecified atom stereocenters. The van der Waals surface area contributed by atoms with Crippen LogP contribution in [0, 0.1) is 0 Å². The highest BCUT2D eigenvalue weighted by Crippen LogP contribution is 2.40. The zero-order valence-corrected chi connectivity index (χ0v) is 20.0. The molecular weight excluding hydrogens is 420 g/mol. The summed E-state index contributed by atoms with van der Waals surface area (Å²) in [6, 6.07) is 1.81. The molecule has 1 atom stereocenters. The third kappa shape index (κ3) is 4.62. The van der Waals surface area contributed by atoms with E-state index in [0.717, 1.165) is 31.5 Å². The molecule has 4 rings (SSSR count). The van der Waals surface area contributed by atoms with E-state index in [9.17, 15) is 9.59 Å². The predicted molar refractivity (Wildman–Crippen MR) is 127 cm³/mol. The van der Waals surface area contributed by atoms with Crippen LogP contribution in [-0.2, 0) is 9.53 Å². The molecule has 1 saturated carbocycles. The van der Waals surface area contributed by atoms with E-state index in [1.165, 1.54) is 0 Å². The van der Waals surface area contributed by atoms with Gasteiger partial charge in [0.1, 0.15) is 17.3 Å². The number of pyridine rings is 1. The van der Waals surface area contributed by atoms with E-state index >= 15 is 0 Å². The molecule has 0 spiro atoms. The van der Waals surface area contributed by atoms with Crippen LogP contribution in [0.15, 0.2) is 24.7 Å². The topological polar surface area (TPSA) is 101 Å². The first kappa shape index (κ1) is 22.9. The van der Waals surface area contributed by atoms with Gasteiger partial charge < -0.3 is 14.5 Å². The molecule has 2 aromatic rings. The number of rotatable bonds is 4. The van der Waals surface area contributed by atoms with Crippen LogP contribution in [0.5, 0.6) is 0 Å². The number of likely N-dealkylation sites (N-methyl/N-ethyl adjacent to an activating group) is 1. The Morgan fingerprint density at radius 2 is 1.97 bits per heavy atom. The molecule has 0 radical (unpaired) electrons. The largest absolute Gasteiger partial charge is 0.444 e. The number of anilines is 3. The first-order chi connectivity index (χ1) is 15.7. The van der Waals surface area contributed by atoms with Crippen molar-refractivity contribution in [3.8, 4) is 11.4 Å². The van der Waals surface area contributed by atoms with E-state index in [-0.39, 0.29) is 18.0 Å². The molecule has 1 N–H and O–H groups in total. The van der Waals surface area contributed by atoms with E-state index in [4.69, 9.17) is 9.72 Å². The van der Waals surface area contributed by atoms with Crippen molar-refractivity contribution in [2.24, 2.45) is 0 Å². The van der Waals surface area contributed by atoms with Crippen LogP contribution in [0.3, 0.4) is 0 Å². The van der Waals surface area contributed by atoms with Crippen LogP contribution >= 0.6 is 0 Å². The van der Waals surface area contributed by atoms with Gasteiger partial charge in [-0.2, -0.15) is 0 Å². The number of ether oxygens (including phenoxy) is 1. The van der Waals surface area contributed by atoms with Crippen LogP contribution in [0.25, 0.3) is 11.4 Å². The number of carbonyl (C=O) groups excluding carboxylic acids is 2. The number of nitrogens with one attached hydrogen (secondary N) is 1. The lowest BCUT2D eigenvalue weighted by molar-refractivity contribution is -0.120. The summed E-state index contributed by atoms with van der Waals surface area (Å²) in [4.78, 5) is 43.0. The molecule has 9 heteroatoms. The second kappa shape index (κ2) is 8.96. The average molecular weight is 453 g/mol. The highest BCUT2D eigenvalue weighted by atomic mass is 16.6. The first-order valence-corrected chi connectivity index (χ1v) is 11.6. The first-order valence-electron chi connectivity index (χ1n) is 11.6. The van der Waals surface area contributed by atoms with Crippen molar-refractivity contribution < 1.29 is 14.3 Å². The maximum Gasteiger partial charge on any atom is 0.412 e. The van der Waals surface area contributed by atoms with Gasteiger partial charge in [-0.25, -0.2) is 14.8 Å². The van der Waals surface area contributed by atoms with Gasteiger partial charge in [-0.1, -0.05) is 19.8 Å². The minimum atomic E-state index is -0.622. The molecule has 176 valence electrons. The number of amides is 2. The van der Waals surface area contributed by atoms with Gasteiger partial charge in [0.25, 0.3) is 0 Å². The van der Waals surface area contributed by atoms with Gasteiger partial charge in [0.15, 0.2) is 11.6 Å². The summed E-state index contributed by atoms with van der Waals surface area (Å²) in [5.74, 6) is 1.30. The lowest BCUT2D eigenvalue weighted by atomic mass is 10.0. The summed E-state index contributed by atoms with van der Waals surface area (Å²) >= 11 is 0. The summed E-state index contributed by atoms with van der Waals surface area (Å²) in [6.45, 7) is 7.46. The van der Waals surface area contributed by atoms with Gasteiger partial charge in [0, 0.05) is 24.8 Å². The van der Waals surface area contributed by atoms with Gasteiger partial charge >= 0.3 is 6.09 Å². The number of hydrogen-bond donors (Lipinski definition) is 1. The lowest BCUT2D eigenvalue weighted by Gasteiger charge is -2.43. The fraction of sp³-hybridized carbons (Fsp3) is 0.542. The number of carbonyl (C=O) groups is 2. The van der Waals surface area contributed by atoms with Crippen molar-refractivity contribution in [2.75, 3.05) is 22.2 Å². The van der Waals surface area contributed by atoms with Crippen molar-refractivity contribution >= 4 is 29.2 Å². The van der Waals surface area contributed by atoms with Gasteiger partial charge in [0.2, 0.25) is 5.91 Å². The Morgan fingerprint density at radius 1 is 1.24 bits per heavy atom. The van der Waals surface area contributed by atoms with E-state index in [1.807, 2.05) is 27.7 Å². The summed E-state index contributed by atoms with van der Waals surface area (Å²) in [5, 5.41) is 2.77. The average Bonchev–Trinajstić information content (AvgIpc) is 3.29. The van der Waals surface area contributed by atoms with Gasteiger partial charge in [-0.05, 0) is 46.1 Å². The van der Waals surface area contributed by atoms with Crippen molar-refractivity contribution in [2.45, 2.75) is 77.5 Å². The molecule has 2 amide bonds. The third-order valence-corrected chi connectivity index (χ3v) is 6.11. The number of hydrogen-bond acceptors (Lipinski definition) is 7. The molecule has 33 heavy (non-hydrogen) atoms. The van der Waals surface area contributed by atoms with Crippen LogP contribution in [0.2, 0.25) is 0 Å². The Labute approximate surface area is 194 Å². The molecule has 0 saturated heterocycles. The van der Waals surface area contributed by atoms with Crippen LogP contribution in [-0.4, -0.2) is 51.7 Å². The molecule has 0 bridgehead atoms. The second-order valence-electron chi connectivity index (χ2n) is 9.62. The maximum atomic E-state index is 13.1. The fourth-order valence-electron chi connectivity index (χ4n) is 4.62. The Bertz CT molecular complexity index is 1040. The smallest absolute Gasteiger partial charge is 0.412 e. The highest BCUT2D eigenvalue weighted by molar-refractivity contribution is 6.04. The molecule has 1 fully saturated rings. The highest BCUT2D eigenvalue weighted by Gasteiger charge is 2.41. The maximum absolute atomic E-state index is 13.1. The Balaban J connectivity index is 1.75. The molecular formula is C24H32N6O3. The molecule has 2 aromatic heterocycles. The quantitative estimate of drug-likeness (QED) is 0.734. The molecule has 1 aliphatic carbocycles. The molecule has 9 nitrogen and oxygen atoms in total. The fourth-order valence-corrected chi connectivity index (χ4v) is 4.62. The minimum Gasteiger partial charge on any atom is -0.444 e. The molecule has 1 aliphatic heterocycles. The molecule has 0 aromatic carbocycles. The third-order valence-electron chi connectivity index (χ3n) is 6.11. The van der Waals surface area contributed by atoms with E-state index < -0.39 is 11.7 Å². The summed E-state index contributed by atoms with van der Waals surface area (Å²) in [7, 11) is 1.78. The Hall–Kier alpha value is -3.23. The zero-order valence-electron chi connectivity index (χ0n) is 20.0. The minimum absolute atomic E-state index is 0.0736. The van der Waals surface area contributed by atoms with Gasteiger partial charge in [-0.3, -0.25) is 15.1 Å². The number of aromatic nitrogens is 3. The zero-order chi connectivity index (χ0) is 23.8. The van der Waals surface area contributed by atoms with Crippen LogP contribution in [0.1, 0.15) is 59.8 Å². The lowest BCUT2D eigenvalue weighted by Crippen LogP contribution is -2.55. The predicted octanol–water partition coefficient (Wildman–Crippen LogP) is 4.39. The number of fused-ring (bicyclic) bond motifs is 1. The van der Waals surface area contributed by atoms with E-state index in [1.54, 1.807) is 36.6 Å². The Morgan fingerprint density at radius 3 is 2.64 bits per heavy atom. The SMILES string of the molecule is CCC1C(=O)N(C)c2cnc(-c3ccncc3NC(=O)OC(C)(C)C)nc2N1C1CCCC1. The van der Waals surface area contributed by atoms with Crippen LogP contribution < -0.4 is 15.1 Å². The van der Waals surface area contributed by atoms with Gasteiger partial charge in [0.05, 0.1) is 18.1 Å². The van der Waals surface area contributed by atoms with Crippen molar-refractivity contribution in [1.29, 1.82) is 0 Å². The second-order valence-corrected chi connectivity index (χ2v) is 9.62. The summed E-state index contributed by atoms with van der Waals surface area (Å²) in [6.07, 6.45) is 9.43. The van der Waals surface area contributed by atoms with Crippen molar-refractivity contribution in [3.63, 3.8) is 0 Å². The van der Waals surface area contributed by atoms with Crippen molar-refractivity contribution in [3.05, 3.63) is 24.7 Å². The standard InChI is InChI=1S/C24H32N6O3/c1-6-18-22(31)29(5)19-14-26-20(28-21(19)30(18)15-9-7-8-10-15)16-11-12-25-13-17(16)27-23(32)33-24(2,3)4/h11-15,18H,6-10H2,1-5H3,(H,27,32).